The van der Waals surface area contributed by atoms with Gasteiger partial charge < -0.3 is 16.3 Å². The Balaban J connectivity index is 2.12. The van der Waals surface area contributed by atoms with Crippen LogP contribution in [-0.4, -0.2) is 29.4 Å². The van der Waals surface area contributed by atoms with Gasteiger partial charge in [-0.15, -0.1) is 0 Å². The zero-order valence-electron chi connectivity index (χ0n) is 6.73. The third kappa shape index (κ3) is 2.50. The molecular formula is C7H13N3O2. The monoisotopic (exact) mass is 171 g/mol. The van der Waals surface area contributed by atoms with Gasteiger partial charge in [0.25, 0.3) is 0 Å². The lowest BCUT2D eigenvalue weighted by atomic mass is 10.1. The highest BCUT2D eigenvalue weighted by Gasteiger charge is 2.16. The van der Waals surface area contributed by atoms with Crippen LogP contribution in [-0.2, 0) is 4.79 Å². The van der Waals surface area contributed by atoms with Crippen molar-refractivity contribution >= 4 is 12.2 Å². The Morgan fingerprint density at radius 2 is 2.67 bits per heavy atom. The number of carboxylic acid groups (broad SMARTS) is 1. The van der Waals surface area contributed by atoms with E-state index in [1.165, 1.54) is 0 Å². The lowest BCUT2D eigenvalue weighted by Gasteiger charge is -2.10. The molecule has 1 aliphatic rings. The fraction of sp³-hybridized carbons (Fsp3) is 0.714. The number of nitrogens with one attached hydrogen (secondary N) is 1. The molecule has 0 bridgehead atoms. The van der Waals surface area contributed by atoms with Crippen molar-refractivity contribution in [2.45, 2.75) is 31.3 Å². The highest BCUT2D eigenvalue weighted by molar-refractivity contribution is 5.73. The SMILES string of the molecule is NC(CCC1CC=NN1)C(=O)O. The van der Waals surface area contributed by atoms with Gasteiger partial charge in [-0.1, -0.05) is 0 Å². The van der Waals surface area contributed by atoms with Gasteiger partial charge >= 0.3 is 5.97 Å². The third-order valence-electron chi connectivity index (χ3n) is 1.88. The van der Waals surface area contributed by atoms with Gasteiger partial charge in [0.05, 0.1) is 0 Å². The number of carbonyl (C=O) groups is 1. The molecule has 5 nitrogen and oxygen atoms in total. The summed E-state index contributed by atoms with van der Waals surface area (Å²) in [7, 11) is 0. The molecule has 2 unspecified atom stereocenters. The maximum Gasteiger partial charge on any atom is 0.320 e. The predicted octanol–water partition coefficient (Wildman–Crippen LogP) is -0.474. The van der Waals surface area contributed by atoms with Gasteiger partial charge in [-0.25, -0.2) is 0 Å². The second-order valence-corrected chi connectivity index (χ2v) is 2.90. The van der Waals surface area contributed by atoms with E-state index in [1.54, 1.807) is 6.21 Å². The highest BCUT2D eigenvalue weighted by atomic mass is 16.4. The molecule has 12 heavy (non-hydrogen) atoms. The van der Waals surface area contributed by atoms with Crippen LogP contribution in [0.15, 0.2) is 5.10 Å². The van der Waals surface area contributed by atoms with E-state index in [2.05, 4.69) is 10.5 Å². The fourth-order valence-corrected chi connectivity index (χ4v) is 1.08. The average molecular weight is 171 g/mol. The van der Waals surface area contributed by atoms with Gasteiger partial charge in [-0.05, 0) is 12.8 Å². The molecule has 0 aromatic rings. The molecule has 0 aliphatic carbocycles. The Bertz CT molecular complexity index is 185. The molecule has 68 valence electrons. The van der Waals surface area contributed by atoms with Crippen LogP contribution in [0.2, 0.25) is 0 Å². The van der Waals surface area contributed by atoms with E-state index in [-0.39, 0.29) is 6.04 Å². The topological polar surface area (TPSA) is 87.7 Å². The molecule has 4 N–H and O–H groups in total. The Hall–Kier alpha value is -1.10. The fourth-order valence-electron chi connectivity index (χ4n) is 1.08. The molecule has 0 saturated heterocycles. The van der Waals surface area contributed by atoms with Crippen molar-refractivity contribution in [2.24, 2.45) is 10.8 Å². The van der Waals surface area contributed by atoms with Crippen molar-refractivity contribution in [3.05, 3.63) is 0 Å². The molecule has 0 aromatic carbocycles. The number of carboxylic acids is 1. The average Bonchev–Trinajstić information content (AvgIpc) is 2.51. The van der Waals surface area contributed by atoms with Crippen LogP contribution in [0.5, 0.6) is 0 Å². The first kappa shape index (κ1) is 8.99. The first-order valence-corrected chi connectivity index (χ1v) is 3.95. The molecule has 5 heteroatoms. The van der Waals surface area contributed by atoms with E-state index in [1.807, 2.05) is 0 Å². The molecule has 0 amide bonds. The summed E-state index contributed by atoms with van der Waals surface area (Å²) in [6.45, 7) is 0. The Kier molecular flexibility index (Phi) is 3.04. The number of hydrazone groups is 1. The second kappa shape index (κ2) is 4.06. The summed E-state index contributed by atoms with van der Waals surface area (Å²) >= 11 is 0. The summed E-state index contributed by atoms with van der Waals surface area (Å²) in [6, 6.07) is -0.470. The summed E-state index contributed by atoms with van der Waals surface area (Å²) in [4.78, 5) is 10.3. The minimum absolute atomic E-state index is 0.274. The Morgan fingerprint density at radius 1 is 1.92 bits per heavy atom. The number of rotatable bonds is 4. The van der Waals surface area contributed by atoms with E-state index in [4.69, 9.17) is 10.8 Å². The van der Waals surface area contributed by atoms with E-state index in [0.29, 0.717) is 6.42 Å². The van der Waals surface area contributed by atoms with Crippen LogP contribution in [0, 0.1) is 0 Å². The summed E-state index contributed by atoms with van der Waals surface area (Å²) < 4.78 is 0. The predicted molar refractivity (Wildman–Crippen MR) is 44.9 cm³/mol. The number of aliphatic carboxylic acids is 1. The van der Waals surface area contributed by atoms with E-state index < -0.39 is 12.0 Å². The van der Waals surface area contributed by atoms with Gasteiger partial charge in [0.2, 0.25) is 0 Å². The number of hydrogen-bond donors (Lipinski definition) is 3. The number of nitrogens with two attached hydrogens (primary N) is 1. The molecule has 0 radical (unpaired) electrons. The molecule has 2 atom stereocenters. The lowest BCUT2D eigenvalue weighted by Crippen LogP contribution is -2.32. The van der Waals surface area contributed by atoms with Crippen molar-refractivity contribution in [1.29, 1.82) is 0 Å². The second-order valence-electron chi connectivity index (χ2n) is 2.90. The van der Waals surface area contributed by atoms with Crippen LogP contribution in [0.3, 0.4) is 0 Å². The van der Waals surface area contributed by atoms with Gasteiger partial charge in [0.1, 0.15) is 6.04 Å². The van der Waals surface area contributed by atoms with Crippen LogP contribution in [0.4, 0.5) is 0 Å². The van der Waals surface area contributed by atoms with Crippen molar-refractivity contribution < 1.29 is 9.90 Å². The smallest absolute Gasteiger partial charge is 0.320 e. The Labute approximate surface area is 70.6 Å². The summed E-state index contributed by atoms with van der Waals surface area (Å²) in [5.41, 5.74) is 8.20. The number of nitrogens with zero attached hydrogens (tertiary/aromatic N) is 1. The first-order valence-electron chi connectivity index (χ1n) is 3.95. The van der Waals surface area contributed by atoms with Crippen LogP contribution < -0.4 is 11.2 Å². The van der Waals surface area contributed by atoms with Crippen molar-refractivity contribution in [3.8, 4) is 0 Å². The molecule has 1 rings (SSSR count). The Morgan fingerprint density at radius 3 is 3.17 bits per heavy atom. The van der Waals surface area contributed by atoms with Gasteiger partial charge in [-0.2, -0.15) is 5.10 Å². The van der Waals surface area contributed by atoms with Gasteiger partial charge in [0, 0.05) is 18.7 Å². The van der Waals surface area contributed by atoms with Crippen LogP contribution in [0.25, 0.3) is 0 Å². The number of hydrogen-bond acceptors (Lipinski definition) is 4. The largest absolute Gasteiger partial charge is 0.480 e. The van der Waals surface area contributed by atoms with Crippen molar-refractivity contribution in [2.75, 3.05) is 0 Å². The van der Waals surface area contributed by atoms with E-state index >= 15 is 0 Å². The molecule has 1 aliphatic heterocycles. The lowest BCUT2D eigenvalue weighted by molar-refractivity contribution is -0.138. The summed E-state index contributed by atoms with van der Waals surface area (Å²) in [6.07, 6.45) is 3.91. The quantitative estimate of drug-likeness (QED) is 0.533. The molecular weight excluding hydrogens is 158 g/mol. The van der Waals surface area contributed by atoms with E-state index in [0.717, 1.165) is 12.8 Å². The minimum atomic E-state index is -0.936. The third-order valence-corrected chi connectivity index (χ3v) is 1.88. The molecule has 0 spiro atoms. The molecule has 1 heterocycles. The highest BCUT2D eigenvalue weighted by Crippen LogP contribution is 2.06. The first-order chi connectivity index (χ1) is 5.70. The van der Waals surface area contributed by atoms with Crippen LogP contribution >= 0.6 is 0 Å². The molecule has 0 saturated carbocycles. The van der Waals surface area contributed by atoms with Gasteiger partial charge in [0.15, 0.2) is 0 Å². The molecule has 0 aromatic heterocycles. The summed E-state index contributed by atoms with van der Waals surface area (Å²) in [5, 5.41) is 12.3. The zero-order valence-corrected chi connectivity index (χ0v) is 6.73. The van der Waals surface area contributed by atoms with Crippen LogP contribution in [0.1, 0.15) is 19.3 Å². The normalized spacial score (nSPS) is 23.6. The minimum Gasteiger partial charge on any atom is -0.480 e. The zero-order chi connectivity index (χ0) is 8.97. The summed E-state index contributed by atoms with van der Waals surface area (Å²) in [5.74, 6) is -0.936. The standard InChI is InChI=1S/C7H13N3O2/c8-6(7(11)12)2-1-5-3-4-9-10-5/h4-6,10H,1-3,8H2,(H,11,12). The maximum absolute atomic E-state index is 10.3. The van der Waals surface area contributed by atoms with Crippen molar-refractivity contribution in [1.82, 2.24) is 5.43 Å². The molecule has 0 fully saturated rings. The maximum atomic E-state index is 10.3. The van der Waals surface area contributed by atoms with Gasteiger partial charge in [-0.3, -0.25) is 4.79 Å². The van der Waals surface area contributed by atoms with Crippen molar-refractivity contribution in [3.63, 3.8) is 0 Å². The van der Waals surface area contributed by atoms with E-state index in [9.17, 15) is 4.79 Å².